The van der Waals surface area contributed by atoms with Crippen LogP contribution in [0.5, 0.6) is 5.75 Å². The number of hydrogen-bond acceptors (Lipinski definition) is 2. The zero-order valence-electron chi connectivity index (χ0n) is 6.83. The fourth-order valence-electron chi connectivity index (χ4n) is 0.767. The summed E-state index contributed by atoms with van der Waals surface area (Å²) in [6.07, 6.45) is 0. The molecule has 1 rings (SSSR count). The number of halogens is 1. The largest absolute Gasteiger partial charge is 0.470 e. The van der Waals surface area contributed by atoms with E-state index in [1.165, 1.54) is 0 Å². The monoisotopic (exact) mass is 186 g/mol. The summed E-state index contributed by atoms with van der Waals surface area (Å²) in [5.74, 6) is 0.657. The number of rotatable bonds is 3. The Morgan fingerprint density at radius 1 is 1.42 bits per heavy atom. The van der Waals surface area contributed by atoms with Crippen LogP contribution >= 0.6 is 11.6 Å². The fourth-order valence-corrected chi connectivity index (χ4v) is 0.856. The van der Waals surface area contributed by atoms with Crippen molar-refractivity contribution in [3.63, 3.8) is 0 Å². The van der Waals surface area contributed by atoms with Crippen molar-refractivity contribution >= 4 is 11.6 Å². The van der Waals surface area contributed by atoms with Crippen molar-refractivity contribution in [3.8, 4) is 5.75 Å². The number of para-hydroxylation sites is 1. The highest BCUT2D eigenvalue weighted by Gasteiger charge is 2.20. The summed E-state index contributed by atoms with van der Waals surface area (Å²) in [5.41, 5.74) is 0. The van der Waals surface area contributed by atoms with E-state index in [1.54, 1.807) is 19.1 Å². The molecule has 3 heteroatoms. The van der Waals surface area contributed by atoms with E-state index < -0.39 is 5.06 Å². The summed E-state index contributed by atoms with van der Waals surface area (Å²) in [7, 11) is 0. The van der Waals surface area contributed by atoms with Gasteiger partial charge in [-0.15, -0.1) is 0 Å². The lowest BCUT2D eigenvalue weighted by Crippen LogP contribution is -2.29. The average molecular weight is 187 g/mol. The van der Waals surface area contributed by atoms with Crippen LogP contribution in [0.4, 0.5) is 0 Å². The summed E-state index contributed by atoms with van der Waals surface area (Å²) >= 11 is 5.78. The summed E-state index contributed by atoms with van der Waals surface area (Å²) in [5, 5.41) is 7.77. The normalized spacial score (nSPS) is 15.2. The van der Waals surface area contributed by atoms with E-state index in [0.29, 0.717) is 5.75 Å². The molecular weight excluding hydrogens is 176 g/mol. The van der Waals surface area contributed by atoms with Gasteiger partial charge in [-0.2, -0.15) is 0 Å². The van der Waals surface area contributed by atoms with Crippen LogP contribution in [0.1, 0.15) is 6.92 Å². The van der Waals surface area contributed by atoms with Crippen molar-refractivity contribution < 1.29 is 9.84 Å². The molecule has 0 aliphatic heterocycles. The minimum Gasteiger partial charge on any atom is -0.470 e. The van der Waals surface area contributed by atoms with Crippen LogP contribution in [-0.4, -0.2) is 16.8 Å². The summed E-state index contributed by atoms with van der Waals surface area (Å²) in [6.45, 7) is 1.39. The highest BCUT2D eigenvalue weighted by Crippen LogP contribution is 2.20. The van der Waals surface area contributed by atoms with Gasteiger partial charge in [-0.25, -0.2) is 0 Å². The van der Waals surface area contributed by atoms with E-state index in [4.69, 9.17) is 21.4 Å². The molecule has 0 aromatic heterocycles. The molecule has 66 valence electrons. The van der Waals surface area contributed by atoms with Crippen molar-refractivity contribution in [2.24, 2.45) is 0 Å². The van der Waals surface area contributed by atoms with Crippen molar-refractivity contribution in [3.05, 3.63) is 30.3 Å². The molecular formula is C9H11ClO2. The highest BCUT2D eigenvalue weighted by molar-refractivity contribution is 6.22. The summed E-state index contributed by atoms with van der Waals surface area (Å²) in [4.78, 5) is 0. The van der Waals surface area contributed by atoms with Gasteiger partial charge >= 0.3 is 0 Å². The second-order valence-corrected chi connectivity index (χ2v) is 3.47. The second-order valence-electron chi connectivity index (χ2n) is 2.68. The van der Waals surface area contributed by atoms with Gasteiger partial charge in [0.25, 0.3) is 0 Å². The number of benzene rings is 1. The van der Waals surface area contributed by atoms with Crippen LogP contribution in [0.2, 0.25) is 0 Å². The van der Waals surface area contributed by atoms with E-state index in [-0.39, 0.29) is 6.61 Å². The zero-order chi connectivity index (χ0) is 9.03. The van der Waals surface area contributed by atoms with Crippen LogP contribution in [0, 0.1) is 0 Å². The van der Waals surface area contributed by atoms with Crippen molar-refractivity contribution in [2.45, 2.75) is 12.0 Å². The first kappa shape index (κ1) is 9.36. The highest BCUT2D eigenvalue weighted by atomic mass is 35.5. The first-order chi connectivity index (χ1) is 5.64. The third-order valence-corrected chi connectivity index (χ3v) is 1.55. The molecule has 0 fully saturated rings. The smallest absolute Gasteiger partial charge is 0.202 e. The molecule has 0 spiro atoms. The molecule has 0 heterocycles. The predicted molar refractivity (Wildman–Crippen MR) is 48.4 cm³/mol. The van der Waals surface area contributed by atoms with E-state index in [9.17, 15) is 0 Å². The molecule has 0 saturated heterocycles. The van der Waals surface area contributed by atoms with Crippen molar-refractivity contribution in [1.82, 2.24) is 0 Å². The molecule has 1 aromatic rings. The summed E-state index contributed by atoms with van der Waals surface area (Å²) in [6, 6.07) is 9.16. The molecule has 0 aliphatic rings. The Hall–Kier alpha value is -0.730. The van der Waals surface area contributed by atoms with Crippen LogP contribution in [-0.2, 0) is 0 Å². The minimum absolute atomic E-state index is 0.219. The van der Waals surface area contributed by atoms with Gasteiger partial charge in [-0.3, -0.25) is 0 Å². The Kier molecular flexibility index (Phi) is 2.95. The Morgan fingerprint density at radius 2 is 2.00 bits per heavy atom. The molecule has 1 atom stereocenters. The Labute approximate surface area is 76.7 Å². The molecule has 1 N–H and O–H groups in total. The number of aliphatic hydroxyl groups is 1. The Morgan fingerprint density at radius 3 is 2.50 bits per heavy atom. The Balaban J connectivity index is 2.64. The lowest BCUT2D eigenvalue weighted by Gasteiger charge is -2.20. The minimum atomic E-state index is -1.03. The van der Waals surface area contributed by atoms with Crippen molar-refractivity contribution in [2.75, 3.05) is 6.61 Å². The van der Waals surface area contributed by atoms with Gasteiger partial charge in [-0.1, -0.05) is 29.8 Å². The lowest BCUT2D eigenvalue weighted by molar-refractivity contribution is 0.0949. The van der Waals surface area contributed by atoms with Gasteiger partial charge in [0.2, 0.25) is 5.06 Å². The van der Waals surface area contributed by atoms with Crippen molar-refractivity contribution in [1.29, 1.82) is 0 Å². The molecule has 0 bridgehead atoms. The molecule has 1 unspecified atom stereocenters. The van der Waals surface area contributed by atoms with E-state index >= 15 is 0 Å². The standard InChI is InChI=1S/C9H11ClO2/c1-9(10,7-11)12-8-5-3-2-4-6-8/h2-6,11H,7H2,1H3. The SMILES string of the molecule is CC(Cl)(CO)Oc1ccccc1. The van der Waals surface area contributed by atoms with Gasteiger partial charge in [0, 0.05) is 0 Å². The fraction of sp³-hybridized carbons (Fsp3) is 0.333. The Bertz CT molecular complexity index is 234. The van der Waals surface area contributed by atoms with Gasteiger partial charge in [0.1, 0.15) is 5.75 Å². The summed E-state index contributed by atoms with van der Waals surface area (Å²) < 4.78 is 5.27. The lowest BCUT2D eigenvalue weighted by atomic mass is 10.3. The van der Waals surface area contributed by atoms with Gasteiger partial charge in [-0.05, 0) is 19.1 Å². The van der Waals surface area contributed by atoms with Gasteiger partial charge in [0.05, 0.1) is 6.61 Å². The molecule has 0 amide bonds. The number of hydrogen-bond donors (Lipinski definition) is 1. The first-order valence-electron chi connectivity index (χ1n) is 3.68. The average Bonchev–Trinajstić information content (AvgIpc) is 2.06. The van der Waals surface area contributed by atoms with Crippen LogP contribution < -0.4 is 4.74 Å². The van der Waals surface area contributed by atoms with Crippen LogP contribution in [0.15, 0.2) is 30.3 Å². The molecule has 2 nitrogen and oxygen atoms in total. The molecule has 12 heavy (non-hydrogen) atoms. The molecule has 0 saturated carbocycles. The molecule has 0 radical (unpaired) electrons. The van der Waals surface area contributed by atoms with Crippen LogP contribution in [0.25, 0.3) is 0 Å². The van der Waals surface area contributed by atoms with Crippen LogP contribution in [0.3, 0.4) is 0 Å². The topological polar surface area (TPSA) is 29.5 Å². The maximum atomic E-state index is 8.80. The third kappa shape index (κ3) is 2.72. The third-order valence-electron chi connectivity index (χ3n) is 1.36. The van der Waals surface area contributed by atoms with E-state index in [0.717, 1.165) is 0 Å². The van der Waals surface area contributed by atoms with E-state index in [2.05, 4.69) is 0 Å². The van der Waals surface area contributed by atoms with Gasteiger partial charge < -0.3 is 9.84 Å². The maximum Gasteiger partial charge on any atom is 0.202 e. The quantitative estimate of drug-likeness (QED) is 0.732. The number of alkyl halides is 1. The van der Waals surface area contributed by atoms with Gasteiger partial charge in [0.15, 0.2) is 0 Å². The predicted octanol–water partition coefficient (Wildman–Crippen LogP) is 2.01. The first-order valence-corrected chi connectivity index (χ1v) is 4.06. The molecule has 0 aliphatic carbocycles. The number of aliphatic hydroxyl groups excluding tert-OH is 1. The second kappa shape index (κ2) is 3.78. The molecule has 1 aromatic carbocycles. The number of ether oxygens (including phenoxy) is 1. The van der Waals surface area contributed by atoms with E-state index in [1.807, 2.05) is 18.2 Å². The zero-order valence-corrected chi connectivity index (χ0v) is 7.58. The maximum absolute atomic E-state index is 8.80.